The summed E-state index contributed by atoms with van der Waals surface area (Å²) in [6.45, 7) is 2.04. The first-order valence-electron chi connectivity index (χ1n) is 7.24. The molecule has 0 spiro atoms. The number of carbonyl (C=O) groups is 3. The van der Waals surface area contributed by atoms with Gasteiger partial charge in [0.15, 0.2) is 0 Å². The van der Waals surface area contributed by atoms with E-state index in [2.05, 4.69) is 5.32 Å². The minimum atomic E-state index is -0.905. The Morgan fingerprint density at radius 1 is 1.29 bits per heavy atom. The molecule has 0 aromatic carbocycles. The quantitative estimate of drug-likeness (QED) is 0.716. The number of fused-ring (bicyclic) bond motifs is 2. The van der Waals surface area contributed by atoms with Crippen LogP contribution in [0.15, 0.2) is 12.2 Å². The fraction of sp³-hybridized carbons (Fsp3) is 0.667. The van der Waals surface area contributed by atoms with Gasteiger partial charge in [-0.15, -0.1) is 0 Å². The average molecular weight is 294 g/mol. The highest BCUT2D eigenvalue weighted by molar-refractivity contribution is 5.87. The van der Waals surface area contributed by atoms with Crippen molar-refractivity contribution in [1.82, 2.24) is 10.2 Å². The van der Waals surface area contributed by atoms with E-state index in [1.165, 1.54) is 4.90 Å². The summed E-state index contributed by atoms with van der Waals surface area (Å²) in [6, 6.07) is 0. The highest BCUT2D eigenvalue weighted by atomic mass is 16.4. The van der Waals surface area contributed by atoms with E-state index in [9.17, 15) is 19.5 Å². The third-order valence-electron chi connectivity index (χ3n) is 4.65. The minimum absolute atomic E-state index is 0.0151. The number of carbonyl (C=O) groups excluding carboxylic acids is 2. The lowest BCUT2D eigenvalue weighted by Gasteiger charge is -2.29. The monoisotopic (exact) mass is 294 g/mol. The normalized spacial score (nSPS) is 31.0. The van der Waals surface area contributed by atoms with Crippen molar-refractivity contribution in [2.45, 2.75) is 13.3 Å². The lowest BCUT2D eigenvalue weighted by Crippen LogP contribution is -2.44. The van der Waals surface area contributed by atoms with Crippen molar-refractivity contribution in [2.24, 2.45) is 29.6 Å². The molecule has 0 heterocycles. The standard InChI is InChI=1S/C15H22N2O4/c1-8(13(18)16-2)7-17(3)14(19)11-9-4-5-10(6-9)12(11)15(20)21/h4-5,8-12H,6-7H2,1-3H3,(H,16,18)(H,20,21). The zero-order valence-corrected chi connectivity index (χ0v) is 12.6. The number of rotatable bonds is 5. The predicted octanol–water partition coefficient (Wildman–Crippen LogP) is 0.350. The number of nitrogens with zero attached hydrogens (tertiary/aromatic N) is 1. The number of hydrogen-bond acceptors (Lipinski definition) is 3. The van der Waals surface area contributed by atoms with E-state index in [1.807, 2.05) is 12.2 Å². The maximum Gasteiger partial charge on any atom is 0.307 e. The van der Waals surface area contributed by atoms with Gasteiger partial charge in [-0.2, -0.15) is 0 Å². The Morgan fingerprint density at radius 3 is 2.38 bits per heavy atom. The van der Waals surface area contributed by atoms with Gasteiger partial charge in [0, 0.05) is 20.6 Å². The summed E-state index contributed by atoms with van der Waals surface area (Å²) >= 11 is 0. The summed E-state index contributed by atoms with van der Waals surface area (Å²) < 4.78 is 0. The largest absolute Gasteiger partial charge is 0.481 e. The van der Waals surface area contributed by atoms with Gasteiger partial charge in [-0.3, -0.25) is 14.4 Å². The van der Waals surface area contributed by atoms with E-state index in [4.69, 9.17) is 0 Å². The Bertz CT molecular complexity index is 488. The summed E-state index contributed by atoms with van der Waals surface area (Å²) in [6.07, 6.45) is 4.62. The molecule has 1 fully saturated rings. The number of nitrogens with one attached hydrogen (secondary N) is 1. The molecule has 2 aliphatic carbocycles. The molecule has 0 aromatic heterocycles. The van der Waals surface area contributed by atoms with Gasteiger partial charge in [-0.1, -0.05) is 19.1 Å². The molecule has 2 N–H and O–H groups in total. The Hall–Kier alpha value is -1.85. The van der Waals surface area contributed by atoms with Crippen LogP contribution in [0.25, 0.3) is 0 Å². The third kappa shape index (κ3) is 2.80. The smallest absolute Gasteiger partial charge is 0.307 e. The molecule has 0 saturated heterocycles. The highest BCUT2D eigenvalue weighted by Gasteiger charge is 2.52. The molecular weight excluding hydrogens is 272 g/mol. The Morgan fingerprint density at radius 2 is 1.86 bits per heavy atom. The zero-order valence-electron chi connectivity index (χ0n) is 12.6. The number of carboxylic acids is 1. The molecule has 21 heavy (non-hydrogen) atoms. The van der Waals surface area contributed by atoms with Crippen LogP contribution < -0.4 is 5.32 Å². The van der Waals surface area contributed by atoms with Crippen molar-refractivity contribution < 1.29 is 19.5 Å². The van der Waals surface area contributed by atoms with Crippen LogP contribution >= 0.6 is 0 Å². The molecule has 5 atom stereocenters. The first-order chi connectivity index (χ1) is 9.86. The maximum atomic E-state index is 12.6. The second-order valence-corrected chi connectivity index (χ2v) is 6.07. The molecular formula is C15H22N2O4. The molecule has 5 unspecified atom stereocenters. The maximum absolute atomic E-state index is 12.6. The molecule has 6 heteroatoms. The first-order valence-corrected chi connectivity index (χ1v) is 7.24. The van der Waals surface area contributed by atoms with Crippen molar-refractivity contribution in [2.75, 3.05) is 20.6 Å². The van der Waals surface area contributed by atoms with Crippen molar-refractivity contribution in [1.29, 1.82) is 0 Å². The van der Waals surface area contributed by atoms with Crippen molar-refractivity contribution >= 4 is 17.8 Å². The van der Waals surface area contributed by atoms with Crippen LogP contribution in [0.1, 0.15) is 13.3 Å². The van der Waals surface area contributed by atoms with Crippen LogP contribution in [0.4, 0.5) is 0 Å². The lowest BCUT2D eigenvalue weighted by atomic mass is 9.82. The fourth-order valence-corrected chi connectivity index (χ4v) is 3.58. The molecule has 2 aliphatic rings. The van der Waals surface area contributed by atoms with Gasteiger partial charge < -0.3 is 15.3 Å². The van der Waals surface area contributed by atoms with E-state index in [0.29, 0.717) is 6.54 Å². The number of allylic oxidation sites excluding steroid dienone is 2. The SMILES string of the molecule is CNC(=O)C(C)CN(C)C(=O)C1C2C=CC(C2)C1C(=O)O. The lowest BCUT2D eigenvalue weighted by molar-refractivity contribution is -0.151. The van der Waals surface area contributed by atoms with Crippen LogP contribution in [0, 0.1) is 29.6 Å². The topological polar surface area (TPSA) is 86.7 Å². The van der Waals surface area contributed by atoms with E-state index in [1.54, 1.807) is 21.0 Å². The summed E-state index contributed by atoms with van der Waals surface area (Å²) in [7, 11) is 3.19. The van der Waals surface area contributed by atoms with Crippen LogP contribution in [0.5, 0.6) is 0 Å². The van der Waals surface area contributed by atoms with Crippen molar-refractivity contribution in [3.8, 4) is 0 Å². The van der Waals surface area contributed by atoms with E-state index in [0.717, 1.165) is 6.42 Å². The minimum Gasteiger partial charge on any atom is -0.481 e. The van der Waals surface area contributed by atoms with Crippen LogP contribution in [-0.4, -0.2) is 48.4 Å². The van der Waals surface area contributed by atoms with Gasteiger partial charge in [-0.25, -0.2) is 0 Å². The van der Waals surface area contributed by atoms with Gasteiger partial charge >= 0.3 is 5.97 Å². The van der Waals surface area contributed by atoms with Crippen LogP contribution in [0.3, 0.4) is 0 Å². The summed E-state index contributed by atoms with van der Waals surface area (Å²) in [5.74, 6) is -2.68. The Kier molecular flexibility index (Phi) is 4.34. The molecule has 116 valence electrons. The number of hydrogen-bond donors (Lipinski definition) is 2. The summed E-state index contributed by atoms with van der Waals surface area (Å²) in [4.78, 5) is 37.1. The second kappa shape index (κ2) is 5.87. The van der Waals surface area contributed by atoms with Gasteiger partial charge in [0.05, 0.1) is 17.8 Å². The van der Waals surface area contributed by atoms with E-state index < -0.39 is 17.8 Å². The summed E-state index contributed by atoms with van der Waals surface area (Å²) in [5.41, 5.74) is 0. The Balaban J connectivity index is 2.07. The molecule has 6 nitrogen and oxygen atoms in total. The predicted molar refractivity (Wildman–Crippen MR) is 76.2 cm³/mol. The highest BCUT2D eigenvalue weighted by Crippen LogP contribution is 2.48. The molecule has 0 aromatic rings. The molecule has 0 aliphatic heterocycles. The molecule has 1 saturated carbocycles. The van der Waals surface area contributed by atoms with Crippen molar-refractivity contribution in [3.63, 3.8) is 0 Å². The third-order valence-corrected chi connectivity index (χ3v) is 4.65. The number of aliphatic carboxylic acids is 1. The molecule has 2 rings (SSSR count). The number of carboxylic acid groups (broad SMARTS) is 1. The van der Waals surface area contributed by atoms with Crippen molar-refractivity contribution in [3.05, 3.63) is 12.2 Å². The van der Waals surface area contributed by atoms with Gasteiger partial charge in [0.1, 0.15) is 0 Å². The fourth-order valence-electron chi connectivity index (χ4n) is 3.58. The summed E-state index contributed by atoms with van der Waals surface area (Å²) in [5, 5.41) is 11.9. The van der Waals surface area contributed by atoms with Crippen LogP contribution in [0.2, 0.25) is 0 Å². The van der Waals surface area contributed by atoms with Gasteiger partial charge in [0.25, 0.3) is 0 Å². The van der Waals surface area contributed by atoms with Crippen LogP contribution in [-0.2, 0) is 14.4 Å². The van der Waals surface area contributed by atoms with Gasteiger partial charge in [-0.05, 0) is 18.3 Å². The van der Waals surface area contributed by atoms with E-state index in [-0.39, 0.29) is 29.6 Å². The second-order valence-electron chi connectivity index (χ2n) is 6.07. The van der Waals surface area contributed by atoms with E-state index >= 15 is 0 Å². The number of amides is 2. The molecule has 2 bridgehead atoms. The molecule has 2 amide bonds. The zero-order chi connectivity index (χ0) is 15.7. The Labute approximate surface area is 124 Å². The first kappa shape index (κ1) is 15.5. The van der Waals surface area contributed by atoms with Gasteiger partial charge in [0.2, 0.25) is 11.8 Å². The average Bonchev–Trinajstić information content (AvgIpc) is 3.05. The molecule has 0 radical (unpaired) electrons.